The van der Waals surface area contributed by atoms with Crippen LogP contribution in [0.1, 0.15) is 387 Å². The van der Waals surface area contributed by atoms with E-state index in [-0.39, 0.29) is 31.1 Å². The van der Waals surface area contributed by atoms with Crippen molar-refractivity contribution in [2.45, 2.75) is 393 Å². The molecule has 1 N–H and O–H groups in total. The van der Waals surface area contributed by atoms with Gasteiger partial charge in [0.1, 0.15) is 13.2 Å². The van der Waals surface area contributed by atoms with Crippen molar-refractivity contribution in [3.05, 3.63) is 48.6 Å². The number of carbonyl (C=O) groups excluding carboxylic acids is 3. The van der Waals surface area contributed by atoms with Crippen molar-refractivity contribution in [3.63, 3.8) is 0 Å². The zero-order valence-corrected chi connectivity index (χ0v) is 55.5. The number of aliphatic carboxylic acids is 1. The minimum absolute atomic E-state index is 0.0806. The van der Waals surface area contributed by atoms with Gasteiger partial charge in [-0.3, -0.25) is 19.2 Å². The maximum absolute atomic E-state index is 12.8. The number of ether oxygens (including phenoxy) is 3. The number of carboxylic acid groups (broad SMARTS) is 1. The van der Waals surface area contributed by atoms with E-state index in [1.54, 1.807) is 0 Å². The molecule has 0 bridgehead atoms. The maximum atomic E-state index is 12.8. The maximum Gasteiger partial charge on any atom is 0.306 e. The highest BCUT2D eigenvalue weighted by atomic mass is 16.6. The minimum Gasteiger partial charge on any atom is -0.481 e. The molecule has 83 heavy (non-hydrogen) atoms. The molecule has 0 aromatic carbocycles. The Morgan fingerprint density at radius 1 is 0.265 bits per heavy atom. The molecule has 0 heterocycles. The Morgan fingerprint density at radius 2 is 0.458 bits per heavy atom. The Balaban J connectivity index is 0. The Kier molecular flexibility index (Phi) is 72.1. The third-order valence-electron chi connectivity index (χ3n) is 15.7. The standard InChI is InChI=1S/C57H104O6.C18H34O2/c1-4-7-10-13-16-19-22-25-28-31-34-37-40-43-46-49-55(58)61-52-54(63-57(60)51-48-45-42-39-36-33-30-27-24-21-18-15-12-9-6-3)53-62-56(59)50-47-44-41-38-35-32-29-26-23-20-17-14-11-8-5-2;1-2-3-4-5-6-7-8-9-10-11-12-13-14-15-16-17-18(19)20/h25-30,54H,4-24,31-53H2,1-3H3;9-10H,2-8,11-17H2,1H3,(H,19,20)/b28-25+,29-26+,30-27+;10-9-. The molecular formula is C75H138O8. The van der Waals surface area contributed by atoms with Crippen molar-refractivity contribution < 1.29 is 38.5 Å². The van der Waals surface area contributed by atoms with Gasteiger partial charge in [0.2, 0.25) is 0 Å². The quantitative estimate of drug-likeness (QED) is 0.0277. The summed E-state index contributed by atoms with van der Waals surface area (Å²) in [6, 6.07) is 0. The van der Waals surface area contributed by atoms with Gasteiger partial charge >= 0.3 is 23.9 Å². The van der Waals surface area contributed by atoms with Crippen LogP contribution in [-0.4, -0.2) is 48.3 Å². The van der Waals surface area contributed by atoms with Crippen LogP contribution in [0.3, 0.4) is 0 Å². The molecule has 0 atom stereocenters. The topological polar surface area (TPSA) is 116 Å². The molecule has 0 spiro atoms. The van der Waals surface area contributed by atoms with E-state index in [1.807, 2.05) is 0 Å². The fourth-order valence-electron chi connectivity index (χ4n) is 10.2. The Bertz CT molecular complexity index is 1410. The molecule has 0 saturated heterocycles. The van der Waals surface area contributed by atoms with E-state index >= 15 is 0 Å². The zero-order valence-electron chi connectivity index (χ0n) is 55.5. The van der Waals surface area contributed by atoms with Crippen LogP contribution in [0.25, 0.3) is 0 Å². The molecule has 0 aromatic rings. The summed E-state index contributed by atoms with van der Waals surface area (Å²) < 4.78 is 16.8. The summed E-state index contributed by atoms with van der Waals surface area (Å²) in [5.74, 6) is -1.56. The van der Waals surface area contributed by atoms with Crippen molar-refractivity contribution in [2.24, 2.45) is 0 Å². The highest BCUT2D eigenvalue weighted by Crippen LogP contribution is 2.16. The first-order valence-corrected chi connectivity index (χ1v) is 36.1. The third-order valence-corrected chi connectivity index (χ3v) is 15.7. The first kappa shape index (κ1) is 81.9. The second-order valence-electron chi connectivity index (χ2n) is 24.2. The molecule has 8 nitrogen and oxygen atoms in total. The van der Waals surface area contributed by atoms with Gasteiger partial charge < -0.3 is 19.3 Å². The summed E-state index contributed by atoms with van der Waals surface area (Å²) in [6.45, 7) is 8.89. The van der Waals surface area contributed by atoms with E-state index in [0.29, 0.717) is 25.7 Å². The lowest BCUT2D eigenvalue weighted by Crippen LogP contribution is -2.30. The first-order chi connectivity index (χ1) is 40.8. The van der Waals surface area contributed by atoms with Gasteiger partial charge in [0.15, 0.2) is 6.10 Å². The molecule has 0 fully saturated rings. The van der Waals surface area contributed by atoms with Gasteiger partial charge in [0, 0.05) is 25.7 Å². The Morgan fingerprint density at radius 3 is 0.687 bits per heavy atom. The number of allylic oxidation sites excluding steroid dienone is 8. The van der Waals surface area contributed by atoms with E-state index in [9.17, 15) is 19.2 Å². The van der Waals surface area contributed by atoms with Crippen LogP contribution >= 0.6 is 0 Å². The van der Waals surface area contributed by atoms with E-state index in [2.05, 4.69) is 76.3 Å². The van der Waals surface area contributed by atoms with E-state index in [1.165, 1.54) is 244 Å². The summed E-state index contributed by atoms with van der Waals surface area (Å²) in [5.41, 5.74) is 0. The van der Waals surface area contributed by atoms with Crippen LogP contribution in [0.4, 0.5) is 0 Å². The summed E-state index contributed by atoms with van der Waals surface area (Å²) >= 11 is 0. The molecule has 0 radical (unpaired) electrons. The fourth-order valence-corrected chi connectivity index (χ4v) is 10.2. The second-order valence-corrected chi connectivity index (χ2v) is 24.2. The van der Waals surface area contributed by atoms with Crippen molar-refractivity contribution in [1.82, 2.24) is 0 Å². The summed E-state index contributed by atoms with van der Waals surface area (Å²) in [5, 5.41) is 8.51. The van der Waals surface area contributed by atoms with Crippen LogP contribution in [0, 0.1) is 0 Å². The molecule has 0 aliphatic rings. The summed E-state index contributed by atoms with van der Waals surface area (Å²) in [4.78, 5) is 48.4. The Hall–Kier alpha value is -3.16. The van der Waals surface area contributed by atoms with Gasteiger partial charge in [-0.05, 0) is 128 Å². The molecule has 0 aliphatic heterocycles. The predicted octanol–water partition coefficient (Wildman–Crippen LogP) is 24.2. The number of unbranched alkanes of at least 4 members (excludes halogenated alkanes) is 44. The summed E-state index contributed by atoms with van der Waals surface area (Å²) in [6.07, 6.45) is 82.5. The molecular weight excluding hydrogens is 1030 g/mol. The lowest BCUT2D eigenvalue weighted by Gasteiger charge is -2.18. The Labute approximate surface area is 515 Å². The molecule has 0 aliphatic carbocycles. The second kappa shape index (κ2) is 73.1. The molecule has 0 amide bonds. The summed E-state index contributed by atoms with van der Waals surface area (Å²) in [7, 11) is 0. The normalized spacial score (nSPS) is 11.7. The number of hydrogen-bond donors (Lipinski definition) is 1. The van der Waals surface area contributed by atoms with E-state index in [4.69, 9.17) is 19.3 Å². The number of carbonyl (C=O) groups is 4. The SMILES string of the molecule is CCCCCCCC/C=C/CCCCCCCC(=O)OCC(COC(=O)CCCCCCC/C=C/CCCCCCCC)OC(=O)CCCCCCC/C=C/CCCCCCCC.CCCCCCCC/C=C\CCCCCCCC(=O)O. The fraction of sp³-hybridized carbons (Fsp3) is 0.840. The van der Waals surface area contributed by atoms with Gasteiger partial charge in [-0.1, -0.05) is 282 Å². The molecule has 0 saturated carbocycles. The molecule has 0 aromatic heterocycles. The monoisotopic (exact) mass is 1170 g/mol. The lowest BCUT2D eigenvalue weighted by molar-refractivity contribution is -0.167. The number of carboxylic acids is 1. The van der Waals surface area contributed by atoms with Gasteiger partial charge in [0.25, 0.3) is 0 Å². The van der Waals surface area contributed by atoms with Gasteiger partial charge in [0.05, 0.1) is 0 Å². The van der Waals surface area contributed by atoms with Crippen LogP contribution in [0.15, 0.2) is 48.6 Å². The van der Waals surface area contributed by atoms with Crippen molar-refractivity contribution in [1.29, 1.82) is 0 Å². The van der Waals surface area contributed by atoms with Crippen LogP contribution in [0.2, 0.25) is 0 Å². The van der Waals surface area contributed by atoms with E-state index in [0.717, 1.165) is 89.9 Å². The van der Waals surface area contributed by atoms with Gasteiger partial charge in [-0.2, -0.15) is 0 Å². The van der Waals surface area contributed by atoms with Gasteiger partial charge in [-0.25, -0.2) is 0 Å². The largest absolute Gasteiger partial charge is 0.481 e. The molecule has 486 valence electrons. The number of esters is 3. The van der Waals surface area contributed by atoms with Crippen molar-refractivity contribution in [2.75, 3.05) is 13.2 Å². The highest BCUT2D eigenvalue weighted by Gasteiger charge is 2.19. The minimum atomic E-state index is -0.781. The smallest absolute Gasteiger partial charge is 0.306 e. The predicted molar refractivity (Wildman–Crippen MR) is 357 cm³/mol. The third kappa shape index (κ3) is 74.9. The van der Waals surface area contributed by atoms with Gasteiger partial charge in [-0.15, -0.1) is 0 Å². The molecule has 0 unspecified atom stereocenters. The lowest BCUT2D eigenvalue weighted by atomic mass is 10.1. The molecule has 8 heteroatoms. The van der Waals surface area contributed by atoms with Crippen molar-refractivity contribution >= 4 is 23.9 Å². The molecule has 0 rings (SSSR count). The van der Waals surface area contributed by atoms with E-state index < -0.39 is 12.1 Å². The van der Waals surface area contributed by atoms with Crippen LogP contribution in [-0.2, 0) is 33.4 Å². The number of hydrogen-bond acceptors (Lipinski definition) is 7. The zero-order chi connectivity index (χ0) is 60.7. The number of rotatable bonds is 65. The first-order valence-electron chi connectivity index (χ1n) is 36.1. The van der Waals surface area contributed by atoms with Crippen LogP contribution < -0.4 is 0 Å². The average Bonchev–Trinajstić information content (AvgIpc) is 3.48. The van der Waals surface area contributed by atoms with Crippen LogP contribution in [0.5, 0.6) is 0 Å². The highest BCUT2D eigenvalue weighted by molar-refractivity contribution is 5.71. The van der Waals surface area contributed by atoms with Crippen molar-refractivity contribution in [3.8, 4) is 0 Å². The average molecular weight is 1170 g/mol.